The zero-order valence-corrected chi connectivity index (χ0v) is 10.1. The summed E-state index contributed by atoms with van der Waals surface area (Å²) in [5, 5.41) is 10.7. The Morgan fingerprint density at radius 1 is 1.16 bits per heavy atom. The van der Waals surface area contributed by atoms with Crippen molar-refractivity contribution in [2.45, 2.75) is 6.54 Å². The van der Waals surface area contributed by atoms with Crippen molar-refractivity contribution in [1.29, 1.82) is 0 Å². The molecule has 0 aliphatic heterocycles. The van der Waals surface area contributed by atoms with Gasteiger partial charge in [-0.15, -0.1) is 0 Å². The number of carbonyl (C=O) groups is 1. The number of carbonyl (C=O) groups excluding carboxylic acids is 1. The second-order valence-corrected chi connectivity index (χ2v) is 4.00. The van der Waals surface area contributed by atoms with Gasteiger partial charge < -0.3 is 5.73 Å². The zero-order valence-electron chi connectivity index (χ0n) is 10.1. The van der Waals surface area contributed by atoms with Crippen molar-refractivity contribution in [2.24, 2.45) is 5.73 Å². The Kier molecular flexibility index (Phi) is 3.68. The molecular formula is C14H12N2O3. The Labute approximate surface area is 109 Å². The van der Waals surface area contributed by atoms with Crippen LogP contribution in [0.3, 0.4) is 0 Å². The molecule has 0 saturated heterocycles. The number of nitro groups is 1. The molecule has 5 nitrogen and oxygen atoms in total. The lowest BCUT2D eigenvalue weighted by molar-refractivity contribution is -0.384. The van der Waals surface area contributed by atoms with Crippen molar-refractivity contribution < 1.29 is 9.72 Å². The second kappa shape index (κ2) is 5.41. The highest BCUT2D eigenvalue weighted by Crippen LogP contribution is 2.20. The van der Waals surface area contributed by atoms with E-state index in [0.29, 0.717) is 16.7 Å². The lowest BCUT2D eigenvalue weighted by atomic mass is 9.98. The molecule has 2 aromatic rings. The van der Waals surface area contributed by atoms with Crippen LogP contribution >= 0.6 is 0 Å². The molecule has 0 saturated carbocycles. The number of nitro benzene ring substituents is 1. The number of nitrogens with two attached hydrogens (primary N) is 1. The van der Waals surface area contributed by atoms with Crippen molar-refractivity contribution >= 4 is 11.5 Å². The summed E-state index contributed by atoms with van der Waals surface area (Å²) in [6, 6.07) is 12.9. The third-order valence-electron chi connectivity index (χ3n) is 2.80. The highest BCUT2D eigenvalue weighted by Gasteiger charge is 2.16. The van der Waals surface area contributed by atoms with Crippen molar-refractivity contribution in [1.82, 2.24) is 0 Å². The summed E-state index contributed by atoms with van der Waals surface area (Å²) in [7, 11) is 0. The smallest absolute Gasteiger partial charge is 0.269 e. The van der Waals surface area contributed by atoms with E-state index in [1.54, 1.807) is 24.3 Å². The van der Waals surface area contributed by atoms with E-state index in [1.165, 1.54) is 18.2 Å². The van der Waals surface area contributed by atoms with Gasteiger partial charge in [-0.1, -0.05) is 30.3 Å². The van der Waals surface area contributed by atoms with Crippen LogP contribution in [-0.2, 0) is 6.54 Å². The maximum Gasteiger partial charge on any atom is 0.269 e. The van der Waals surface area contributed by atoms with Gasteiger partial charge >= 0.3 is 0 Å². The molecular weight excluding hydrogens is 244 g/mol. The molecule has 0 fully saturated rings. The molecule has 5 heteroatoms. The Bertz CT molecular complexity index is 624. The quantitative estimate of drug-likeness (QED) is 0.516. The van der Waals surface area contributed by atoms with Crippen LogP contribution in [0.15, 0.2) is 48.5 Å². The van der Waals surface area contributed by atoms with Crippen LogP contribution in [0.5, 0.6) is 0 Å². The first-order valence-electron chi connectivity index (χ1n) is 5.70. The molecule has 0 amide bonds. The SMILES string of the molecule is NCc1cc([N+](=O)[O-])ccc1C(=O)c1ccccc1. The maximum atomic E-state index is 12.3. The monoisotopic (exact) mass is 256 g/mol. The van der Waals surface area contributed by atoms with Crippen molar-refractivity contribution in [3.63, 3.8) is 0 Å². The number of benzene rings is 2. The fourth-order valence-electron chi connectivity index (χ4n) is 1.83. The minimum Gasteiger partial charge on any atom is -0.326 e. The van der Waals surface area contributed by atoms with Gasteiger partial charge in [-0.2, -0.15) is 0 Å². The predicted molar refractivity (Wildman–Crippen MR) is 70.9 cm³/mol. The van der Waals surface area contributed by atoms with Gasteiger partial charge in [0.2, 0.25) is 0 Å². The van der Waals surface area contributed by atoms with Gasteiger partial charge in [0, 0.05) is 29.8 Å². The first kappa shape index (κ1) is 12.9. The topological polar surface area (TPSA) is 86.2 Å². The van der Waals surface area contributed by atoms with Crippen LogP contribution in [0, 0.1) is 10.1 Å². The molecule has 0 unspecified atom stereocenters. The summed E-state index contributed by atoms with van der Waals surface area (Å²) in [6.45, 7) is 0.0790. The molecule has 2 N–H and O–H groups in total. The Morgan fingerprint density at radius 2 is 1.84 bits per heavy atom. The van der Waals surface area contributed by atoms with E-state index < -0.39 is 4.92 Å². The summed E-state index contributed by atoms with van der Waals surface area (Å²) < 4.78 is 0. The van der Waals surface area contributed by atoms with Gasteiger partial charge in [0.15, 0.2) is 5.78 Å². The van der Waals surface area contributed by atoms with Gasteiger partial charge in [0.05, 0.1) is 4.92 Å². The summed E-state index contributed by atoms with van der Waals surface area (Å²) in [4.78, 5) is 22.5. The summed E-state index contributed by atoms with van der Waals surface area (Å²) in [5.74, 6) is -0.184. The minimum absolute atomic E-state index is 0.0648. The minimum atomic E-state index is -0.504. The third-order valence-corrected chi connectivity index (χ3v) is 2.80. The first-order valence-corrected chi connectivity index (χ1v) is 5.70. The maximum absolute atomic E-state index is 12.3. The lowest BCUT2D eigenvalue weighted by Crippen LogP contribution is -2.09. The van der Waals surface area contributed by atoms with Gasteiger partial charge in [0.1, 0.15) is 0 Å². The first-order chi connectivity index (χ1) is 9.13. The number of hydrogen-bond donors (Lipinski definition) is 1. The number of rotatable bonds is 4. The molecule has 0 bridgehead atoms. The average molecular weight is 256 g/mol. The van der Waals surface area contributed by atoms with Gasteiger partial charge in [-0.25, -0.2) is 0 Å². The highest BCUT2D eigenvalue weighted by atomic mass is 16.6. The molecule has 0 radical (unpaired) electrons. The van der Waals surface area contributed by atoms with E-state index in [1.807, 2.05) is 6.07 Å². The largest absolute Gasteiger partial charge is 0.326 e. The van der Waals surface area contributed by atoms with Crippen LogP contribution in [0.4, 0.5) is 5.69 Å². The Hall–Kier alpha value is -2.53. The van der Waals surface area contributed by atoms with E-state index in [-0.39, 0.29) is 18.0 Å². The summed E-state index contributed by atoms with van der Waals surface area (Å²) in [6.07, 6.45) is 0. The van der Waals surface area contributed by atoms with Crippen LogP contribution in [0.1, 0.15) is 21.5 Å². The molecule has 2 rings (SSSR count). The van der Waals surface area contributed by atoms with E-state index in [0.717, 1.165) is 0 Å². The molecule has 0 heterocycles. The molecule has 19 heavy (non-hydrogen) atoms. The Balaban J connectivity index is 2.45. The molecule has 0 aromatic heterocycles. The Morgan fingerprint density at radius 3 is 2.42 bits per heavy atom. The van der Waals surface area contributed by atoms with Crippen molar-refractivity contribution in [3.05, 3.63) is 75.3 Å². The van der Waals surface area contributed by atoms with Gasteiger partial charge in [-0.3, -0.25) is 14.9 Å². The summed E-state index contributed by atoms with van der Waals surface area (Å²) >= 11 is 0. The van der Waals surface area contributed by atoms with Gasteiger partial charge in [0.25, 0.3) is 5.69 Å². The van der Waals surface area contributed by atoms with E-state index in [2.05, 4.69) is 0 Å². The van der Waals surface area contributed by atoms with Crippen molar-refractivity contribution in [2.75, 3.05) is 0 Å². The zero-order chi connectivity index (χ0) is 13.8. The molecule has 0 atom stereocenters. The fourth-order valence-corrected chi connectivity index (χ4v) is 1.83. The molecule has 96 valence electrons. The van der Waals surface area contributed by atoms with E-state index in [4.69, 9.17) is 5.73 Å². The van der Waals surface area contributed by atoms with Crippen molar-refractivity contribution in [3.8, 4) is 0 Å². The van der Waals surface area contributed by atoms with E-state index in [9.17, 15) is 14.9 Å². The molecule has 0 aliphatic carbocycles. The molecule has 0 spiro atoms. The standard InChI is InChI=1S/C14H12N2O3/c15-9-11-8-12(16(18)19)6-7-13(11)14(17)10-4-2-1-3-5-10/h1-8H,9,15H2. The van der Waals surface area contributed by atoms with Crippen LogP contribution in [-0.4, -0.2) is 10.7 Å². The third kappa shape index (κ3) is 2.66. The lowest BCUT2D eigenvalue weighted by Gasteiger charge is -2.06. The number of hydrogen-bond acceptors (Lipinski definition) is 4. The number of nitrogens with zero attached hydrogens (tertiary/aromatic N) is 1. The average Bonchev–Trinajstić information content (AvgIpc) is 2.46. The normalized spacial score (nSPS) is 10.2. The van der Waals surface area contributed by atoms with Crippen LogP contribution in [0.2, 0.25) is 0 Å². The molecule has 0 aliphatic rings. The van der Waals surface area contributed by atoms with Crippen LogP contribution in [0.25, 0.3) is 0 Å². The van der Waals surface area contributed by atoms with Gasteiger partial charge in [-0.05, 0) is 11.6 Å². The van der Waals surface area contributed by atoms with Crippen LogP contribution < -0.4 is 5.73 Å². The van der Waals surface area contributed by atoms with E-state index >= 15 is 0 Å². The predicted octanol–water partition coefficient (Wildman–Crippen LogP) is 2.28. The highest BCUT2D eigenvalue weighted by molar-refractivity contribution is 6.10. The number of non-ortho nitro benzene ring substituents is 1. The fraction of sp³-hybridized carbons (Fsp3) is 0.0714. The number of ketones is 1. The summed E-state index contributed by atoms with van der Waals surface area (Å²) in [5.41, 5.74) is 6.91. The second-order valence-electron chi connectivity index (χ2n) is 4.00. The molecule has 2 aromatic carbocycles.